The molecule has 0 saturated carbocycles. The standard InChI is InChI=1S/C19H20F5N3O6S/c1-25-16(28)11-9-34-15-12(33-17(20)21)8-13(26-14(11)15)32-10-2-4-27(5-3-10)18(29)30-6-7-31-19(22,23)24/h8-10,17H,2-7H2,1H3,(H,25,28). The average Bonchev–Trinajstić information content (AvgIpc) is 3.20. The Bertz CT molecular complexity index is 1010. The van der Waals surface area contributed by atoms with Gasteiger partial charge in [0.1, 0.15) is 18.2 Å². The number of amides is 2. The van der Waals surface area contributed by atoms with Crippen LogP contribution >= 0.6 is 11.3 Å². The van der Waals surface area contributed by atoms with Crippen LogP contribution in [-0.4, -0.2) is 74.3 Å². The van der Waals surface area contributed by atoms with Crippen molar-refractivity contribution in [2.24, 2.45) is 0 Å². The highest BCUT2D eigenvalue weighted by molar-refractivity contribution is 7.18. The minimum absolute atomic E-state index is 0.0305. The first-order chi connectivity index (χ1) is 16.1. The minimum Gasteiger partial charge on any atom is -0.474 e. The van der Waals surface area contributed by atoms with E-state index in [-0.39, 0.29) is 40.5 Å². The number of hydrogen-bond donors (Lipinski definition) is 1. The maximum Gasteiger partial charge on any atom is 0.522 e. The number of piperidine rings is 1. The number of alkyl halides is 5. The number of carbonyl (C=O) groups excluding carboxylic acids is 2. The molecule has 2 aromatic rings. The lowest BCUT2D eigenvalue weighted by Crippen LogP contribution is -2.42. The van der Waals surface area contributed by atoms with Crippen LogP contribution in [0.15, 0.2) is 11.4 Å². The SMILES string of the molecule is CNC(=O)c1csc2c(OC(F)F)cc(OC3CCN(C(=O)OCCOC(F)(F)F)CC3)nc12. The molecule has 0 aromatic carbocycles. The van der Waals surface area contributed by atoms with Crippen molar-refractivity contribution in [3.05, 3.63) is 17.0 Å². The quantitative estimate of drug-likeness (QED) is 0.424. The summed E-state index contributed by atoms with van der Waals surface area (Å²) >= 11 is 1.03. The van der Waals surface area contributed by atoms with Gasteiger partial charge >= 0.3 is 19.1 Å². The Labute approximate surface area is 193 Å². The first kappa shape index (κ1) is 25.7. The number of rotatable bonds is 8. The molecule has 3 heterocycles. The summed E-state index contributed by atoms with van der Waals surface area (Å²) in [4.78, 5) is 29.6. The van der Waals surface area contributed by atoms with Crippen LogP contribution in [0, 0.1) is 0 Å². The average molecular weight is 513 g/mol. The Balaban J connectivity index is 1.61. The van der Waals surface area contributed by atoms with E-state index in [0.717, 1.165) is 11.3 Å². The van der Waals surface area contributed by atoms with Crippen LogP contribution in [0.3, 0.4) is 0 Å². The Hall–Kier alpha value is -2.94. The van der Waals surface area contributed by atoms with Gasteiger partial charge in [-0.25, -0.2) is 9.78 Å². The van der Waals surface area contributed by atoms with E-state index in [2.05, 4.69) is 19.8 Å². The number of ether oxygens (including phenoxy) is 4. The fourth-order valence-electron chi connectivity index (χ4n) is 3.20. The third-order valence-corrected chi connectivity index (χ3v) is 5.70. The molecule has 1 aliphatic rings. The molecular formula is C19H20F5N3O6S. The molecule has 0 bridgehead atoms. The molecule has 0 spiro atoms. The zero-order valence-electron chi connectivity index (χ0n) is 17.7. The predicted octanol–water partition coefficient (Wildman–Crippen LogP) is 3.77. The number of halogens is 5. The summed E-state index contributed by atoms with van der Waals surface area (Å²) in [5, 5.41) is 3.92. The van der Waals surface area contributed by atoms with Crippen molar-refractivity contribution >= 4 is 33.6 Å². The molecule has 0 atom stereocenters. The van der Waals surface area contributed by atoms with Crippen molar-refractivity contribution in [1.82, 2.24) is 15.2 Å². The van der Waals surface area contributed by atoms with Crippen molar-refractivity contribution < 1.29 is 50.5 Å². The van der Waals surface area contributed by atoms with Gasteiger partial charge in [0, 0.05) is 44.4 Å². The van der Waals surface area contributed by atoms with E-state index in [4.69, 9.17) is 9.47 Å². The van der Waals surface area contributed by atoms with Crippen molar-refractivity contribution in [2.45, 2.75) is 31.9 Å². The van der Waals surface area contributed by atoms with E-state index in [1.54, 1.807) is 0 Å². The predicted molar refractivity (Wildman–Crippen MR) is 108 cm³/mol. The van der Waals surface area contributed by atoms with Crippen LogP contribution in [-0.2, 0) is 9.47 Å². The Morgan fingerprint density at radius 1 is 1.26 bits per heavy atom. The first-order valence-corrected chi connectivity index (χ1v) is 10.8. The number of carbonyl (C=O) groups is 2. The number of hydrogen-bond acceptors (Lipinski definition) is 8. The van der Waals surface area contributed by atoms with Crippen LogP contribution in [0.5, 0.6) is 11.6 Å². The number of thiophene rings is 1. The van der Waals surface area contributed by atoms with Crippen LogP contribution in [0.4, 0.5) is 26.7 Å². The second kappa shape index (κ2) is 11.0. The highest BCUT2D eigenvalue weighted by atomic mass is 32.1. The zero-order valence-corrected chi connectivity index (χ0v) is 18.5. The highest BCUT2D eigenvalue weighted by Crippen LogP contribution is 2.37. The Kier molecular flexibility index (Phi) is 8.30. The van der Waals surface area contributed by atoms with Gasteiger partial charge in [-0.05, 0) is 0 Å². The summed E-state index contributed by atoms with van der Waals surface area (Å²) in [7, 11) is 1.42. The topological polar surface area (TPSA) is 99.2 Å². The van der Waals surface area contributed by atoms with Crippen LogP contribution < -0.4 is 14.8 Å². The zero-order chi connectivity index (χ0) is 24.9. The molecule has 1 saturated heterocycles. The number of aromatic nitrogens is 1. The van der Waals surface area contributed by atoms with Gasteiger partial charge in [-0.3, -0.25) is 9.53 Å². The molecule has 0 radical (unpaired) electrons. The molecule has 34 heavy (non-hydrogen) atoms. The molecule has 3 rings (SSSR count). The molecule has 0 unspecified atom stereocenters. The Morgan fingerprint density at radius 2 is 1.97 bits per heavy atom. The van der Waals surface area contributed by atoms with E-state index in [9.17, 15) is 31.5 Å². The third kappa shape index (κ3) is 6.79. The highest BCUT2D eigenvalue weighted by Gasteiger charge is 2.30. The van der Waals surface area contributed by atoms with Crippen molar-refractivity contribution in [3.8, 4) is 11.6 Å². The van der Waals surface area contributed by atoms with Crippen LogP contribution in [0.1, 0.15) is 23.2 Å². The lowest BCUT2D eigenvalue weighted by molar-refractivity contribution is -0.326. The molecule has 1 N–H and O–H groups in total. The summed E-state index contributed by atoms with van der Waals surface area (Å²) in [5.41, 5.74) is 0.332. The van der Waals surface area contributed by atoms with Gasteiger partial charge in [0.2, 0.25) is 5.88 Å². The lowest BCUT2D eigenvalue weighted by Gasteiger charge is -2.31. The molecule has 9 nitrogen and oxygen atoms in total. The number of nitrogens with one attached hydrogen (secondary N) is 1. The fourth-order valence-corrected chi connectivity index (χ4v) is 4.15. The molecule has 2 amide bonds. The Morgan fingerprint density at radius 3 is 2.59 bits per heavy atom. The maximum absolute atomic E-state index is 12.9. The fraction of sp³-hybridized carbons (Fsp3) is 0.526. The molecule has 1 fully saturated rings. The van der Waals surface area contributed by atoms with E-state index in [1.807, 2.05) is 0 Å². The maximum atomic E-state index is 12.9. The molecule has 15 heteroatoms. The van der Waals surface area contributed by atoms with Crippen molar-refractivity contribution in [3.63, 3.8) is 0 Å². The molecule has 0 aliphatic carbocycles. The number of likely N-dealkylation sites (tertiary alicyclic amines) is 1. The number of fused-ring (bicyclic) bond motifs is 1. The van der Waals surface area contributed by atoms with Gasteiger partial charge in [-0.1, -0.05) is 0 Å². The normalized spacial score (nSPS) is 15.0. The second-order valence-electron chi connectivity index (χ2n) is 6.96. The van der Waals surface area contributed by atoms with Crippen molar-refractivity contribution in [1.29, 1.82) is 0 Å². The smallest absolute Gasteiger partial charge is 0.474 e. The lowest BCUT2D eigenvalue weighted by atomic mass is 10.1. The summed E-state index contributed by atoms with van der Waals surface area (Å²) in [6, 6.07) is 1.21. The monoisotopic (exact) mass is 513 g/mol. The second-order valence-corrected chi connectivity index (χ2v) is 7.84. The molecule has 1 aliphatic heterocycles. The van der Waals surface area contributed by atoms with E-state index >= 15 is 0 Å². The summed E-state index contributed by atoms with van der Waals surface area (Å²) < 4.78 is 80.5. The van der Waals surface area contributed by atoms with Crippen molar-refractivity contribution in [2.75, 3.05) is 33.4 Å². The summed E-state index contributed by atoms with van der Waals surface area (Å²) in [5.74, 6) is -0.666. The number of nitrogens with zero attached hydrogens (tertiary/aromatic N) is 2. The third-order valence-electron chi connectivity index (χ3n) is 4.72. The molecule has 2 aromatic heterocycles. The van der Waals surface area contributed by atoms with Crippen LogP contribution in [0.25, 0.3) is 10.2 Å². The summed E-state index contributed by atoms with van der Waals surface area (Å²) in [6.45, 7) is -4.09. The van der Waals surface area contributed by atoms with Crippen LogP contribution in [0.2, 0.25) is 0 Å². The van der Waals surface area contributed by atoms with Gasteiger partial charge in [0.05, 0.1) is 16.9 Å². The van der Waals surface area contributed by atoms with E-state index in [0.29, 0.717) is 12.8 Å². The minimum atomic E-state index is -4.80. The van der Waals surface area contributed by atoms with Gasteiger partial charge in [0.25, 0.3) is 5.91 Å². The van der Waals surface area contributed by atoms with Gasteiger partial charge in [-0.15, -0.1) is 24.5 Å². The van der Waals surface area contributed by atoms with Gasteiger partial charge in [-0.2, -0.15) is 8.78 Å². The number of pyridine rings is 1. The first-order valence-electron chi connectivity index (χ1n) is 9.95. The van der Waals surface area contributed by atoms with E-state index in [1.165, 1.54) is 23.4 Å². The summed E-state index contributed by atoms with van der Waals surface area (Å²) in [6.07, 6.45) is -5.38. The molecule has 188 valence electrons. The van der Waals surface area contributed by atoms with Gasteiger partial charge < -0.3 is 24.4 Å². The largest absolute Gasteiger partial charge is 0.522 e. The molecular weight excluding hydrogens is 493 g/mol. The van der Waals surface area contributed by atoms with Gasteiger partial charge in [0.15, 0.2) is 5.75 Å². The van der Waals surface area contributed by atoms with E-state index < -0.39 is 44.3 Å².